The monoisotopic (exact) mass is 259 g/mol. The van der Waals surface area contributed by atoms with Crippen LogP contribution in [0.15, 0.2) is 30.6 Å². The van der Waals surface area contributed by atoms with Gasteiger partial charge in [-0.05, 0) is 18.6 Å². The summed E-state index contributed by atoms with van der Waals surface area (Å²) in [7, 11) is 0. The molecule has 0 unspecified atom stereocenters. The Labute approximate surface area is 109 Å². The number of fused-ring (bicyclic) bond motifs is 1. The molecular formula is C12H13N5S. The van der Waals surface area contributed by atoms with E-state index in [2.05, 4.69) is 27.4 Å². The second kappa shape index (κ2) is 4.73. The Morgan fingerprint density at radius 2 is 2.28 bits per heavy atom. The molecule has 0 aliphatic heterocycles. The van der Waals surface area contributed by atoms with Gasteiger partial charge < -0.3 is 5.32 Å². The fourth-order valence-corrected chi connectivity index (χ4v) is 2.54. The quantitative estimate of drug-likeness (QED) is 0.782. The Kier molecular flexibility index (Phi) is 2.93. The van der Waals surface area contributed by atoms with Gasteiger partial charge in [-0.25, -0.2) is 4.98 Å². The molecule has 0 spiro atoms. The minimum atomic E-state index is 0.865. The van der Waals surface area contributed by atoms with Crippen LogP contribution in [0.4, 0.5) is 5.13 Å². The minimum absolute atomic E-state index is 0.865. The maximum atomic E-state index is 4.27. The fraction of sp³-hybridized carbons (Fsp3) is 0.250. The molecule has 0 aromatic carbocycles. The van der Waals surface area contributed by atoms with Crippen molar-refractivity contribution in [1.82, 2.24) is 19.6 Å². The molecule has 3 rings (SSSR count). The van der Waals surface area contributed by atoms with E-state index in [9.17, 15) is 0 Å². The van der Waals surface area contributed by atoms with Gasteiger partial charge in [0.15, 0.2) is 5.01 Å². The highest BCUT2D eigenvalue weighted by molar-refractivity contribution is 7.18. The van der Waals surface area contributed by atoms with Crippen LogP contribution in [0.5, 0.6) is 0 Å². The van der Waals surface area contributed by atoms with Gasteiger partial charge in [0.05, 0.1) is 5.69 Å². The van der Waals surface area contributed by atoms with Gasteiger partial charge in [-0.15, -0.1) is 10.2 Å². The highest BCUT2D eigenvalue weighted by Crippen LogP contribution is 2.26. The first-order valence-electron chi connectivity index (χ1n) is 5.88. The Balaban J connectivity index is 1.98. The van der Waals surface area contributed by atoms with E-state index in [-0.39, 0.29) is 0 Å². The molecular weight excluding hydrogens is 246 g/mol. The van der Waals surface area contributed by atoms with Gasteiger partial charge in [0, 0.05) is 18.9 Å². The van der Waals surface area contributed by atoms with E-state index in [1.807, 2.05) is 28.8 Å². The van der Waals surface area contributed by atoms with Crippen molar-refractivity contribution in [2.45, 2.75) is 13.3 Å². The van der Waals surface area contributed by atoms with Gasteiger partial charge in [-0.1, -0.05) is 24.3 Å². The van der Waals surface area contributed by atoms with E-state index in [0.29, 0.717) is 0 Å². The lowest BCUT2D eigenvalue weighted by Gasteiger charge is -2.00. The molecule has 0 saturated carbocycles. The number of aromatic nitrogens is 4. The van der Waals surface area contributed by atoms with Crippen LogP contribution in [0.25, 0.3) is 16.3 Å². The van der Waals surface area contributed by atoms with Crippen molar-refractivity contribution in [3.05, 3.63) is 30.6 Å². The molecule has 3 aromatic heterocycles. The summed E-state index contributed by atoms with van der Waals surface area (Å²) in [6.07, 6.45) is 4.80. The van der Waals surface area contributed by atoms with Crippen molar-refractivity contribution < 1.29 is 0 Å². The molecule has 0 atom stereocenters. The average Bonchev–Trinajstić information content (AvgIpc) is 3.04. The number of rotatable bonds is 4. The van der Waals surface area contributed by atoms with Gasteiger partial charge in [-0.2, -0.15) is 0 Å². The van der Waals surface area contributed by atoms with Crippen LogP contribution in [-0.2, 0) is 0 Å². The lowest BCUT2D eigenvalue weighted by Crippen LogP contribution is -1.98. The van der Waals surface area contributed by atoms with Gasteiger partial charge in [0.1, 0.15) is 5.65 Å². The first-order valence-corrected chi connectivity index (χ1v) is 6.70. The second-order valence-corrected chi connectivity index (χ2v) is 4.88. The normalized spacial score (nSPS) is 10.9. The summed E-state index contributed by atoms with van der Waals surface area (Å²) in [6, 6.07) is 5.98. The molecule has 0 aliphatic carbocycles. The molecule has 0 amide bonds. The molecule has 3 heterocycles. The SMILES string of the molecule is CCCNc1nnc(-c2cccc3nccn23)s1. The first-order chi connectivity index (χ1) is 8.88. The number of hydrogen-bond donors (Lipinski definition) is 1. The lowest BCUT2D eigenvalue weighted by molar-refractivity contribution is 0.963. The molecule has 0 fully saturated rings. The molecule has 5 nitrogen and oxygen atoms in total. The van der Waals surface area contributed by atoms with Crippen molar-refractivity contribution in [1.29, 1.82) is 0 Å². The van der Waals surface area contributed by atoms with Crippen LogP contribution in [-0.4, -0.2) is 26.1 Å². The summed E-state index contributed by atoms with van der Waals surface area (Å²) < 4.78 is 2.02. The summed E-state index contributed by atoms with van der Waals surface area (Å²) in [5, 5.41) is 13.4. The predicted molar refractivity (Wildman–Crippen MR) is 72.9 cm³/mol. The third-order valence-electron chi connectivity index (χ3n) is 2.60. The van der Waals surface area contributed by atoms with Gasteiger partial charge in [0.2, 0.25) is 5.13 Å². The smallest absolute Gasteiger partial charge is 0.206 e. The molecule has 0 radical (unpaired) electrons. The lowest BCUT2D eigenvalue weighted by atomic mass is 10.3. The van der Waals surface area contributed by atoms with E-state index in [4.69, 9.17) is 0 Å². The molecule has 0 aliphatic rings. The molecule has 1 N–H and O–H groups in total. The standard InChI is InChI=1S/C12H13N5S/c1-2-6-14-12-16-15-11(18-12)9-4-3-5-10-13-7-8-17(9)10/h3-5,7-8H,2,6H2,1H3,(H,14,16). The number of nitrogens with one attached hydrogen (secondary N) is 1. The number of imidazole rings is 1. The van der Waals surface area contributed by atoms with E-state index >= 15 is 0 Å². The van der Waals surface area contributed by atoms with E-state index in [1.165, 1.54) is 0 Å². The highest BCUT2D eigenvalue weighted by atomic mass is 32.1. The molecule has 18 heavy (non-hydrogen) atoms. The number of anilines is 1. The van der Waals surface area contributed by atoms with Crippen molar-refractivity contribution in [2.75, 3.05) is 11.9 Å². The third-order valence-corrected chi connectivity index (χ3v) is 3.50. The average molecular weight is 259 g/mol. The molecule has 3 aromatic rings. The number of hydrogen-bond acceptors (Lipinski definition) is 5. The van der Waals surface area contributed by atoms with Crippen LogP contribution < -0.4 is 5.32 Å². The summed E-state index contributed by atoms with van der Waals surface area (Å²) in [5.41, 5.74) is 1.94. The van der Waals surface area contributed by atoms with Crippen LogP contribution in [0.2, 0.25) is 0 Å². The summed E-state index contributed by atoms with van der Waals surface area (Å²) in [5.74, 6) is 0. The maximum absolute atomic E-state index is 4.27. The number of nitrogens with zero attached hydrogens (tertiary/aromatic N) is 4. The highest BCUT2D eigenvalue weighted by Gasteiger charge is 2.09. The Morgan fingerprint density at radius 3 is 3.17 bits per heavy atom. The minimum Gasteiger partial charge on any atom is -0.360 e. The summed E-state index contributed by atoms with van der Waals surface area (Å²) in [4.78, 5) is 4.27. The Hall–Kier alpha value is -1.95. The summed E-state index contributed by atoms with van der Waals surface area (Å²) >= 11 is 1.56. The van der Waals surface area contributed by atoms with Crippen LogP contribution in [0, 0.1) is 0 Å². The molecule has 92 valence electrons. The largest absolute Gasteiger partial charge is 0.360 e. The van der Waals surface area contributed by atoms with Gasteiger partial charge in [-0.3, -0.25) is 4.40 Å². The van der Waals surface area contributed by atoms with Gasteiger partial charge in [0.25, 0.3) is 0 Å². The first kappa shape index (κ1) is 11.2. The fourth-order valence-electron chi connectivity index (χ4n) is 1.75. The van der Waals surface area contributed by atoms with Crippen LogP contribution >= 0.6 is 11.3 Å². The Bertz CT molecular complexity index is 657. The molecule has 6 heteroatoms. The van der Waals surface area contributed by atoms with E-state index < -0.39 is 0 Å². The van der Waals surface area contributed by atoms with Crippen LogP contribution in [0.3, 0.4) is 0 Å². The molecule has 0 bridgehead atoms. The zero-order valence-electron chi connectivity index (χ0n) is 10.00. The van der Waals surface area contributed by atoms with E-state index in [0.717, 1.165) is 34.4 Å². The zero-order chi connectivity index (χ0) is 12.4. The van der Waals surface area contributed by atoms with E-state index in [1.54, 1.807) is 17.5 Å². The maximum Gasteiger partial charge on any atom is 0.206 e. The molecule has 0 saturated heterocycles. The van der Waals surface area contributed by atoms with Crippen molar-refractivity contribution in [3.8, 4) is 10.7 Å². The topological polar surface area (TPSA) is 55.1 Å². The van der Waals surface area contributed by atoms with Crippen molar-refractivity contribution in [2.24, 2.45) is 0 Å². The van der Waals surface area contributed by atoms with Crippen molar-refractivity contribution in [3.63, 3.8) is 0 Å². The summed E-state index contributed by atoms with van der Waals surface area (Å²) in [6.45, 7) is 3.05. The Morgan fingerprint density at radius 1 is 1.33 bits per heavy atom. The van der Waals surface area contributed by atoms with Gasteiger partial charge >= 0.3 is 0 Å². The number of pyridine rings is 1. The zero-order valence-corrected chi connectivity index (χ0v) is 10.8. The predicted octanol–water partition coefficient (Wildman–Crippen LogP) is 2.67. The third kappa shape index (κ3) is 1.95. The van der Waals surface area contributed by atoms with Crippen molar-refractivity contribution >= 4 is 22.1 Å². The van der Waals surface area contributed by atoms with Crippen LogP contribution in [0.1, 0.15) is 13.3 Å². The second-order valence-electron chi connectivity index (χ2n) is 3.91.